The topological polar surface area (TPSA) is 88.0 Å². The molecule has 1 heterocycles. The molecule has 3 rings (SSSR count). The van der Waals surface area contributed by atoms with E-state index in [1.807, 2.05) is 31.2 Å². The number of halogens is 3. The van der Waals surface area contributed by atoms with Gasteiger partial charge >= 0.3 is 6.18 Å². The first kappa shape index (κ1) is 19.2. The van der Waals surface area contributed by atoms with E-state index in [-0.39, 0.29) is 5.69 Å². The molecule has 0 aliphatic heterocycles. The van der Waals surface area contributed by atoms with Crippen molar-refractivity contribution in [2.24, 2.45) is 5.14 Å². The Hall–Kier alpha value is -2.52. The minimum absolute atomic E-state index is 0.173. The summed E-state index contributed by atoms with van der Waals surface area (Å²) in [6.45, 7) is 2.33. The first-order valence-corrected chi connectivity index (χ1v) is 9.66. The number of primary sulfonamides is 1. The van der Waals surface area contributed by atoms with Gasteiger partial charge in [-0.1, -0.05) is 18.2 Å². The van der Waals surface area contributed by atoms with E-state index in [2.05, 4.69) is 10.3 Å². The summed E-state index contributed by atoms with van der Waals surface area (Å²) in [6.07, 6.45) is -4.24. The molecule has 4 N–H and O–H groups in total. The van der Waals surface area contributed by atoms with Gasteiger partial charge in [-0.2, -0.15) is 13.2 Å². The van der Waals surface area contributed by atoms with Crippen molar-refractivity contribution in [1.82, 2.24) is 4.98 Å². The average Bonchev–Trinajstić information content (AvgIpc) is 2.89. The van der Waals surface area contributed by atoms with Crippen LogP contribution in [0.1, 0.15) is 16.8 Å². The van der Waals surface area contributed by atoms with Gasteiger partial charge in [-0.25, -0.2) is 13.6 Å². The molecule has 0 fully saturated rings. The van der Waals surface area contributed by atoms with Gasteiger partial charge in [-0.15, -0.1) is 0 Å². The monoisotopic (exact) mass is 397 g/mol. The molecular formula is C18H18F3N3O2S. The summed E-state index contributed by atoms with van der Waals surface area (Å²) in [5, 5.41) is 8.87. The predicted molar refractivity (Wildman–Crippen MR) is 98.0 cm³/mol. The second kappa shape index (κ2) is 6.90. The summed E-state index contributed by atoms with van der Waals surface area (Å²) in [4.78, 5) is 2.33. The molecule has 0 radical (unpaired) electrons. The number of rotatable bonds is 5. The first-order valence-electron chi connectivity index (χ1n) is 8.11. The Morgan fingerprint density at radius 1 is 1.15 bits per heavy atom. The van der Waals surface area contributed by atoms with Gasteiger partial charge in [0, 0.05) is 28.8 Å². The van der Waals surface area contributed by atoms with Gasteiger partial charge in [0.05, 0.1) is 10.5 Å². The normalized spacial score (nSPS) is 12.5. The zero-order valence-corrected chi connectivity index (χ0v) is 15.2. The number of aryl methyl sites for hydroxylation is 1. The number of alkyl halides is 3. The lowest BCUT2D eigenvalue weighted by Crippen LogP contribution is -2.19. The van der Waals surface area contributed by atoms with Gasteiger partial charge in [-0.3, -0.25) is 0 Å². The van der Waals surface area contributed by atoms with Crippen LogP contribution >= 0.6 is 0 Å². The van der Waals surface area contributed by atoms with Crippen LogP contribution < -0.4 is 10.5 Å². The Bertz CT molecular complexity index is 1090. The maximum Gasteiger partial charge on any atom is 0.417 e. The van der Waals surface area contributed by atoms with Crippen LogP contribution in [0.5, 0.6) is 0 Å². The van der Waals surface area contributed by atoms with Gasteiger partial charge in [0.25, 0.3) is 0 Å². The van der Waals surface area contributed by atoms with E-state index in [1.165, 1.54) is 6.07 Å². The van der Waals surface area contributed by atoms with Gasteiger partial charge in [-0.05, 0) is 43.2 Å². The summed E-state index contributed by atoms with van der Waals surface area (Å²) < 4.78 is 62.3. The lowest BCUT2D eigenvalue weighted by molar-refractivity contribution is -0.139. The molecule has 0 aliphatic rings. The van der Waals surface area contributed by atoms with Gasteiger partial charge in [0.2, 0.25) is 10.0 Å². The van der Waals surface area contributed by atoms with Crippen LogP contribution in [0, 0.1) is 6.92 Å². The van der Waals surface area contributed by atoms with E-state index < -0.39 is 26.7 Å². The molecule has 27 heavy (non-hydrogen) atoms. The Morgan fingerprint density at radius 2 is 1.85 bits per heavy atom. The molecule has 0 bridgehead atoms. The molecule has 3 aromatic rings. The third-order valence-corrected chi connectivity index (χ3v) is 5.29. The minimum Gasteiger partial charge on any atom is -0.385 e. The summed E-state index contributed by atoms with van der Waals surface area (Å²) in [6, 6.07) is 10.7. The Balaban J connectivity index is 1.81. The van der Waals surface area contributed by atoms with Crippen molar-refractivity contribution in [2.45, 2.75) is 24.4 Å². The number of para-hydroxylation sites is 1. The number of aromatic nitrogens is 1. The van der Waals surface area contributed by atoms with E-state index in [1.54, 1.807) is 0 Å². The number of benzene rings is 2. The molecule has 1 aromatic heterocycles. The Morgan fingerprint density at radius 3 is 2.52 bits per heavy atom. The number of hydrogen-bond acceptors (Lipinski definition) is 3. The van der Waals surface area contributed by atoms with Crippen LogP contribution in [0.4, 0.5) is 18.9 Å². The molecule has 0 amide bonds. The van der Waals surface area contributed by atoms with Gasteiger partial charge in [0.1, 0.15) is 0 Å². The largest absolute Gasteiger partial charge is 0.417 e. The first-order chi connectivity index (χ1) is 12.6. The fourth-order valence-electron chi connectivity index (χ4n) is 3.10. The highest BCUT2D eigenvalue weighted by molar-refractivity contribution is 7.89. The summed E-state index contributed by atoms with van der Waals surface area (Å²) in [5.74, 6) is 0. The fraction of sp³-hybridized carbons (Fsp3) is 0.222. The second-order valence-electron chi connectivity index (χ2n) is 6.20. The molecule has 0 saturated heterocycles. The minimum atomic E-state index is -4.83. The van der Waals surface area contributed by atoms with Crippen LogP contribution in [-0.4, -0.2) is 19.9 Å². The van der Waals surface area contributed by atoms with E-state index in [0.29, 0.717) is 13.0 Å². The molecular weight excluding hydrogens is 379 g/mol. The standard InChI is InChI=1S/C18H18F3N3O2S/c1-11-13(14-4-2-3-5-16(14)24-11)8-9-23-12-6-7-17(27(22,25)26)15(10-12)18(19,20)21/h2-7,10,23-24H,8-9H2,1H3,(H2,22,25,26). The molecule has 5 nitrogen and oxygen atoms in total. The lowest BCUT2D eigenvalue weighted by atomic mass is 10.1. The van der Waals surface area contributed by atoms with Crippen LogP contribution in [0.15, 0.2) is 47.4 Å². The van der Waals surface area contributed by atoms with Crippen molar-refractivity contribution in [3.05, 3.63) is 59.3 Å². The molecule has 0 aliphatic carbocycles. The molecule has 2 aromatic carbocycles. The Kier molecular flexibility index (Phi) is 4.92. The SMILES string of the molecule is Cc1[nH]c2ccccc2c1CCNc1ccc(S(N)(=O)=O)c(C(F)(F)F)c1. The molecule has 0 saturated carbocycles. The average molecular weight is 397 g/mol. The van der Waals surface area contributed by atoms with Crippen LogP contribution in [0.3, 0.4) is 0 Å². The van der Waals surface area contributed by atoms with Crippen molar-refractivity contribution in [3.8, 4) is 0 Å². The molecule has 0 spiro atoms. The molecule has 0 unspecified atom stereocenters. The van der Waals surface area contributed by atoms with Crippen molar-refractivity contribution in [2.75, 3.05) is 11.9 Å². The highest BCUT2D eigenvalue weighted by atomic mass is 32.2. The van der Waals surface area contributed by atoms with Crippen molar-refractivity contribution < 1.29 is 21.6 Å². The number of anilines is 1. The van der Waals surface area contributed by atoms with Crippen molar-refractivity contribution in [1.29, 1.82) is 0 Å². The number of aromatic amines is 1. The molecule has 144 valence electrons. The highest BCUT2D eigenvalue weighted by Gasteiger charge is 2.36. The fourth-order valence-corrected chi connectivity index (χ4v) is 3.84. The second-order valence-corrected chi connectivity index (χ2v) is 7.73. The third-order valence-electron chi connectivity index (χ3n) is 4.32. The summed E-state index contributed by atoms with van der Waals surface area (Å²) in [7, 11) is -4.47. The number of hydrogen-bond donors (Lipinski definition) is 3. The van der Waals surface area contributed by atoms with Gasteiger partial charge < -0.3 is 10.3 Å². The lowest BCUT2D eigenvalue weighted by Gasteiger charge is -2.14. The molecule has 0 atom stereocenters. The van der Waals surface area contributed by atoms with E-state index >= 15 is 0 Å². The predicted octanol–water partition coefficient (Wildman–Crippen LogP) is 3.80. The zero-order chi connectivity index (χ0) is 19.8. The molecule has 9 heteroatoms. The number of fused-ring (bicyclic) bond motifs is 1. The van der Waals surface area contributed by atoms with Crippen molar-refractivity contribution in [3.63, 3.8) is 0 Å². The smallest absolute Gasteiger partial charge is 0.385 e. The van der Waals surface area contributed by atoms with E-state index in [9.17, 15) is 21.6 Å². The van der Waals surface area contributed by atoms with E-state index in [0.717, 1.165) is 34.3 Å². The van der Waals surface area contributed by atoms with Gasteiger partial charge in [0.15, 0.2) is 0 Å². The number of nitrogens with two attached hydrogens (primary N) is 1. The maximum atomic E-state index is 13.2. The summed E-state index contributed by atoms with van der Waals surface area (Å²) >= 11 is 0. The number of nitrogens with one attached hydrogen (secondary N) is 2. The van der Waals surface area contributed by atoms with E-state index in [4.69, 9.17) is 5.14 Å². The zero-order valence-electron chi connectivity index (χ0n) is 14.4. The summed E-state index contributed by atoms with van der Waals surface area (Å²) in [5.41, 5.74) is 1.97. The number of H-pyrrole nitrogens is 1. The quantitative estimate of drug-likeness (QED) is 0.612. The van der Waals surface area contributed by atoms with Crippen LogP contribution in [0.25, 0.3) is 10.9 Å². The highest BCUT2D eigenvalue weighted by Crippen LogP contribution is 2.35. The maximum absolute atomic E-state index is 13.2. The van der Waals surface area contributed by atoms with Crippen LogP contribution in [-0.2, 0) is 22.6 Å². The Labute approximate surface area is 154 Å². The third kappa shape index (κ3) is 4.09. The number of sulfonamides is 1. The van der Waals surface area contributed by atoms with Crippen LogP contribution in [0.2, 0.25) is 0 Å². The van der Waals surface area contributed by atoms with Crippen molar-refractivity contribution >= 4 is 26.6 Å².